The first-order chi connectivity index (χ1) is 9.20. The minimum absolute atomic E-state index is 0.0344. The van der Waals surface area contributed by atoms with E-state index in [9.17, 15) is 0 Å². The van der Waals surface area contributed by atoms with Gasteiger partial charge < -0.3 is 10.5 Å². The zero-order chi connectivity index (χ0) is 13.7. The highest BCUT2D eigenvalue weighted by atomic mass is 79.9. The van der Waals surface area contributed by atoms with Crippen LogP contribution in [0.15, 0.2) is 46.3 Å². The van der Waals surface area contributed by atoms with E-state index in [1.807, 2.05) is 25.1 Å². The van der Waals surface area contributed by atoms with Crippen LogP contribution in [0.5, 0.6) is 0 Å². The number of hydrogen-bond donors (Lipinski definition) is 1. The molecule has 1 heterocycles. The van der Waals surface area contributed by atoms with E-state index < -0.39 is 0 Å². The van der Waals surface area contributed by atoms with Crippen molar-refractivity contribution in [2.24, 2.45) is 5.73 Å². The maximum absolute atomic E-state index is 6.34. The van der Waals surface area contributed by atoms with E-state index in [4.69, 9.17) is 10.5 Å². The molecule has 2 aromatic rings. The van der Waals surface area contributed by atoms with Crippen molar-refractivity contribution in [1.82, 2.24) is 0 Å². The first kappa shape index (κ1) is 14.7. The molecule has 0 aliphatic rings. The Kier molecular flexibility index (Phi) is 5.58. The monoisotopic (exact) mass is 339 g/mol. The minimum Gasteiger partial charge on any atom is -0.372 e. The van der Waals surface area contributed by atoms with Crippen molar-refractivity contribution in [3.05, 3.63) is 56.7 Å². The molecule has 0 fully saturated rings. The van der Waals surface area contributed by atoms with Gasteiger partial charge in [-0.15, -0.1) is 11.3 Å². The Balaban J connectivity index is 2.10. The van der Waals surface area contributed by atoms with Gasteiger partial charge in [0, 0.05) is 27.4 Å². The van der Waals surface area contributed by atoms with E-state index in [-0.39, 0.29) is 12.1 Å². The molecule has 0 spiro atoms. The predicted octanol–water partition coefficient (Wildman–Crippen LogP) is 4.16. The third-order valence-electron chi connectivity index (χ3n) is 2.92. The van der Waals surface area contributed by atoms with Gasteiger partial charge in [-0.1, -0.05) is 30.3 Å². The van der Waals surface area contributed by atoms with Gasteiger partial charge in [-0.3, -0.25) is 0 Å². The molecule has 1 aromatic heterocycles. The van der Waals surface area contributed by atoms with Crippen LogP contribution in [0.3, 0.4) is 0 Å². The van der Waals surface area contributed by atoms with E-state index >= 15 is 0 Å². The Labute approximate surface area is 126 Å². The van der Waals surface area contributed by atoms with Crippen LogP contribution >= 0.6 is 27.3 Å². The van der Waals surface area contributed by atoms with Gasteiger partial charge >= 0.3 is 0 Å². The van der Waals surface area contributed by atoms with Crippen LogP contribution in [-0.4, -0.2) is 12.6 Å². The molecule has 0 amide bonds. The van der Waals surface area contributed by atoms with Crippen molar-refractivity contribution < 1.29 is 4.74 Å². The molecule has 0 saturated heterocycles. The van der Waals surface area contributed by atoms with E-state index in [2.05, 4.69) is 39.5 Å². The van der Waals surface area contributed by atoms with E-state index in [1.165, 1.54) is 4.88 Å². The lowest BCUT2D eigenvalue weighted by molar-refractivity contribution is 0.0435. The molecule has 2 atom stereocenters. The third-order valence-corrected chi connectivity index (χ3v) is 4.64. The smallest absolute Gasteiger partial charge is 0.0979 e. The molecule has 102 valence electrons. The van der Waals surface area contributed by atoms with Crippen molar-refractivity contribution in [1.29, 1.82) is 0 Å². The van der Waals surface area contributed by atoms with Gasteiger partial charge in [-0.05, 0) is 40.9 Å². The molecule has 0 aliphatic carbocycles. The SMILES string of the molecule is CCOC(c1ccccc1)C(N)Cc1cc(Br)cs1. The second-order valence-electron chi connectivity index (χ2n) is 4.39. The van der Waals surface area contributed by atoms with Crippen molar-refractivity contribution in [3.63, 3.8) is 0 Å². The Morgan fingerprint density at radius 3 is 2.63 bits per heavy atom. The van der Waals surface area contributed by atoms with E-state index in [1.54, 1.807) is 11.3 Å². The summed E-state index contributed by atoms with van der Waals surface area (Å²) in [7, 11) is 0. The summed E-state index contributed by atoms with van der Waals surface area (Å²) in [5.41, 5.74) is 7.49. The van der Waals surface area contributed by atoms with Crippen molar-refractivity contribution >= 4 is 27.3 Å². The van der Waals surface area contributed by atoms with Crippen LogP contribution in [0.2, 0.25) is 0 Å². The van der Waals surface area contributed by atoms with Crippen LogP contribution in [0.1, 0.15) is 23.5 Å². The van der Waals surface area contributed by atoms with Gasteiger partial charge in [0.05, 0.1) is 6.10 Å². The standard InChI is InChI=1S/C15H18BrNOS/c1-2-18-15(11-6-4-3-5-7-11)14(17)9-13-8-12(16)10-19-13/h3-8,10,14-15H,2,9,17H2,1H3. The fourth-order valence-corrected chi connectivity index (χ4v) is 3.61. The van der Waals surface area contributed by atoms with Gasteiger partial charge in [0.2, 0.25) is 0 Å². The number of nitrogens with two attached hydrogens (primary N) is 1. The van der Waals surface area contributed by atoms with Crippen LogP contribution in [0.25, 0.3) is 0 Å². The summed E-state index contributed by atoms with van der Waals surface area (Å²) in [6.45, 7) is 2.67. The predicted molar refractivity (Wildman–Crippen MR) is 84.5 cm³/mol. The maximum Gasteiger partial charge on any atom is 0.0979 e. The summed E-state index contributed by atoms with van der Waals surface area (Å²) in [5, 5.41) is 2.08. The maximum atomic E-state index is 6.34. The van der Waals surface area contributed by atoms with Crippen LogP contribution in [0, 0.1) is 0 Å². The second kappa shape index (κ2) is 7.20. The van der Waals surface area contributed by atoms with Gasteiger partial charge in [0.15, 0.2) is 0 Å². The molecule has 19 heavy (non-hydrogen) atoms. The molecular formula is C15H18BrNOS. The summed E-state index contributed by atoms with van der Waals surface area (Å²) in [6.07, 6.45) is 0.780. The molecule has 0 aliphatic heterocycles. The van der Waals surface area contributed by atoms with Crippen molar-refractivity contribution in [3.8, 4) is 0 Å². The topological polar surface area (TPSA) is 35.2 Å². The first-order valence-electron chi connectivity index (χ1n) is 6.35. The molecule has 1 aromatic carbocycles. The molecular weight excluding hydrogens is 322 g/mol. The number of ether oxygens (including phenoxy) is 1. The highest BCUT2D eigenvalue weighted by Gasteiger charge is 2.20. The average molecular weight is 340 g/mol. The number of benzene rings is 1. The normalized spacial score (nSPS) is 14.3. The summed E-state index contributed by atoms with van der Waals surface area (Å²) >= 11 is 5.20. The zero-order valence-electron chi connectivity index (χ0n) is 10.9. The summed E-state index contributed by atoms with van der Waals surface area (Å²) in [6, 6.07) is 12.3. The van der Waals surface area contributed by atoms with Gasteiger partial charge in [0.25, 0.3) is 0 Å². The van der Waals surface area contributed by atoms with Crippen LogP contribution in [-0.2, 0) is 11.2 Å². The van der Waals surface area contributed by atoms with Gasteiger partial charge in [0.1, 0.15) is 0 Å². The fraction of sp³-hybridized carbons (Fsp3) is 0.333. The molecule has 2 rings (SSSR count). The lowest BCUT2D eigenvalue weighted by atomic mass is 9.99. The Morgan fingerprint density at radius 1 is 1.32 bits per heavy atom. The van der Waals surface area contributed by atoms with Gasteiger partial charge in [-0.2, -0.15) is 0 Å². The summed E-state index contributed by atoms with van der Waals surface area (Å²) in [4.78, 5) is 1.28. The lowest BCUT2D eigenvalue weighted by Crippen LogP contribution is -2.32. The quantitative estimate of drug-likeness (QED) is 0.857. The lowest BCUT2D eigenvalue weighted by Gasteiger charge is -2.24. The third kappa shape index (κ3) is 4.14. The molecule has 4 heteroatoms. The average Bonchev–Trinajstić information content (AvgIpc) is 2.82. The highest BCUT2D eigenvalue weighted by molar-refractivity contribution is 9.10. The summed E-state index contributed by atoms with van der Waals surface area (Å²) in [5.74, 6) is 0. The molecule has 0 bridgehead atoms. The highest BCUT2D eigenvalue weighted by Crippen LogP contribution is 2.26. The first-order valence-corrected chi connectivity index (χ1v) is 8.03. The molecule has 2 unspecified atom stereocenters. The second-order valence-corrected chi connectivity index (χ2v) is 6.30. The minimum atomic E-state index is -0.0490. The number of hydrogen-bond acceptors (Lipinski definition) is 3. The van der Waals surface area contributed by atoms with E-state index in [0.29, 0.717) is 6.61 Å². The van der Waals surface area contributed by atoms with Crippen molar-refractivity contribution in [2.75, 3.05) is 6.61 Å². The number of rotatable bonds is 6. The molecule has 2 nitrogen and oxygen atoms in total. The van der Waals surface area contributed by atoms with Gasteiger partial charge in [-0.25, -0.2) is 0 Å². The molecule has 0 saturated carbocycles. The number of halogens is 1. The Hall–Kier alpha value is -0.680. The van der Waals surface area contributed by atoms with Crippen LogP contribution in [0.4, 0.5) is 0 Å². The largest absolute Gasteiger partial charge is 0.372 e. The Bertz CT molecular complexity index is 500. The molecule has 0 radical (unpaired) electrons. The zero-order valence-corrected chi connectivity index (χ0v) is 13.3. The fourth-order valence-electron chi connectivity index (χ4n) is 2.09. The van der Waals surface area contributed by atoms with Crippen molar-refractivity contribution in [2.45, 2.75) is 25.5 Å². The van der Waals surface area contributed by atoms with Crippen LogP contribution < -0.4 is 5.73 Å². The Morgan fingerprint density at radius 2 is 2.05 bits per heavy atom. The molecule has 2 N–H and O–H groups in total. The summed E-state index contributed by atoms with van der Waals surface area (Å²) < 4.78 is 6.95. The van der Waals surface area contributed by atoms with E-state index in [0.717, 1.165) is 16.5 Å². The number of thiophene rings is 1.